The number of cyclic esters (lactones) is 1. The van der Waals surface area contributed by atoms with Crippen molar-refractivity contribution in [3.63, 3.8) is 0 Å². The van der Waals surface area contributed by atoms with E-state index in [-0.39, 0.29) is 12.8 Å². The Hall–Kier alpha value is -2.78. The molecule has 8 nitrogen and oxygen atoms in total. The second-order valence-corrected chi connectivity index (χ2v) is 11.2. The Morgan fingerprint density at radius 2 is 1.78 bits per heavy atom. The molecular weight excluding hydrogens is 494 g/mol. The third-order valence-electron chi connectivity index (χ3n) is 8.09. The van der Waals surface area contributed by atoms with Crippen LogP contribution < -0.4 is 23.7 Å². The van der Waals surface area contributed by atoms with Crippen molar-refractivity contribution in [3.8, 4) is 28.7 Å². The molecule has 0 radical (unpaired) electrons. The summed E-state index contributed by atoms with van der Waals surface area (Å²) in [5, 5.41) is 0.683. The maximum atomic E-state index is 13.2. The van der Waals surface area contributed by atoms with Crippen molar-refractivity contribution >= 4 is 17.7 Å². The van der Waals surface area contributed by atoms with E-state index in [0.717, 1.165) is 35.6 Å². The van der Waals surface area contributed by atoms with E-state index in [4.69, 9.17) is 28.4 Å². The van der Waals surface area contributed by atoms with Crippen LogP contribution in [0.1, 0.15) is 70.4 Å². The van der Waals surface area contributed by atoms with E-state index < -0.39 is 12.1 Å². The number of rotatable bonds is 7. The number of carbonyl (C=O) groups is 1. The highest BCUT2D eigenvalue weighted by Crippen LogP contribution is 2.57. The van der Waals surface area contributed by atoms with Crippen LogP contribution >= 0.6 is 11.8 Å². The highest BCUT2D eigenvalue weighted by atomic mass is 32.2. The Kier molecular flexibility index (Phi) is 6.52. The fourth-order valence-electron chi connectivity index (χ4n) is 6.33. The topological polar surface area (TPSA) is 75.7 Å². The Labute approximate surface area is 221 Å². The van der Waals surface area contributed by atoms with Gasteiger partial charge in [-0.1, -0.05) is 18.9 Å². The van der Waals surface area contributed by atoms with Gasteiger partial charge in [0.05, 0.1) is 27.4 Å². The van der Waals surface area contributed by atoms with Crippen molar-refractivity contribution in [2.75, 3.05) is 41.7 Å². The van der Waals surface area contributed by atoms with Crippen LogP contribution in [0.3, 0.4) is 0 Å². The highest BCUT2D eigenvalue weighted by molar-refractivity contribution is 7.99. The number of methoxy groups -OCH3 is 3. The molecule has 1 saturated carbocycles. The zero-order valence-electron chi connectivity index (χ0n) is 21.8. The van der Waals surface area contributed by atoms with Gasteiger partial charge in [0, 0.05) is 34.2 Å². The van der Waals surface area contributed by atoms with Crippen LogP contribution in [0.2, 0.25) is 0 Å². The first-order chi connectivity index (χ1) is 18.1. The smallest absolute Gasteiger partial charge is 0.343 e. The molecule has 9 heteroatoms. The number of hydrogen-bond donors (Lipinski definition) is 0. The summed E-state index contributed by atoms with van der Waals surface area (Å²) in [5.74, 6) is 3.48. The van der Waals surface area contributed by atoms with Crippen LogP contribution in [0.15, 0.2) is 12.1 Å². The van der Waals surface area contributed by atoms with Crippen molar-refractivity contribution in [2.45, 2.75) is 55.3 Å². The summed E-state index contributed by atoms with van der Waals surface area (Å²) in [5.41, 5.74) is 4.64. The van der Waals surface area contributed by atoms with Crippen LogP contribution in [0.4, 0.5) is 0 Å². The van der Waals surface area contributed by atoms with Gasteiger partial charge in [0.1, 0.15) is 11.7 Å². The number of benzene rings is 2. The SMILES string of the molecule is COc1ccc2c(c1OC)C(=O)O[C@@H]2[C@H]1c2c(c(CSC3CCCC3)c3c(c2OC)OCO3)CCN1C. The molecule has 6 rings (SSSR count). The zero-order valence-corrected chi connectivity index (χ0v) is 22.6. The van der Waals surface area contributed by atoms with Crippen molar-refractivity contribution in [1.82, 2.24) is 4.90 Å². The first kappa shape index (κ1) is 24.6. The molecule has 0 amide bonds. The molecule has 0 bridgehead atoms. The van der Waals surface area contributed by atoms with Crippen molar-refractivity contribution in [2.24, 2.45) is 0 Å². The van der Waals surface area contributed by atoms with E-state index in [0.29, 0.717) is 33.8 Å². The Morgan fingerprint density at radius 3 is 2.51 bits per heavy atom. The Bertz CT molecular complexity index is 1230. The molecule has 0 saturated heterocycles. The summed E-state index contributed by atoms with van der Waals surface area (Å²) >= 11 is 2.02. The highest BCUT2D eigenvalue weighted by Gasteiger charge is 2.47. The average molecular weight is 528 g/mol. The van der Waals surface area contributed by atoms with Crippen molar-refractivity contribution < 1.29 is 33.2 Å². The summed E-state index contributed by atoms with van der Waals surface area (Å²) in [6.07, 6.45) is 5.49. The van der Waals surface area contributed by atoms with Crippen molar-refractivity contribution in [3.05, 3.63) is 39.9 Å². The third kappa shape index (κ3) is 3.89. The minimum atomic E-state index is -0.532. The Morgan fingerprint density at radius 1 is 1.03 bits per heavy atom. The van der Waals surface area contributed by atoms with E-state index in [1.54, 1.807) is 21.3 Å². The number of nitrogens with zero attached hydrogens (tertiary/aromatic N) is 1. The minimum absolute atomic E-state index is 0.175. The van der Waals surface area contributed by atoms with Gasteiger partial charge in [-0.15, -0.1) is 0 Å². The van der Waals surface area contributed by atoms with Gasteiger partial charge in [-0.25, -0.2) is 4.79 Å². The third-order valence-corrected chi connectivity index (χ3v) is 9.49. The molecule has 3 aliphatic heterocycles. The lowest BCUT2D eigenvalue weighted by Crippen LogP contribution is -2.37. The van der Waals surface area contributed by atoms with E-state index >= 15 is 0 Å². The van der Waals surface area contributed by atoms with E-state index in [2.05, 4.69) is 11.9 Å². The standard InChI is InChI=1S/C28H33NO7S/c1-29-12-11-16-18(13-37-15-7-5-6-8-15)24-27(35-14-34-24)26(33-4)20(16)22(29)23-17-9-10-19(31-2)25(32-3)21(17)28(30)36-23/h9-10,15,22-23H,5-8,11-14H2,1-4H3/t22-,23+/m1/s1. The maximum absolute atomic E-state index is 13.2. The summed E-state index contributed by atoms with van der Waals surface area (Å²) < 4.78 is 35.1. The molecule has 0 spiro atoms. The van der Waals surface area contributed by atoms with Gasteiger partial charge >= 0.3 is 5.97 Å². The summed E-state index contributed by atoms with van der Waals surface area (Å²) in [6.45, 7) is 0.993. The van der Waals surface area contributed by atoms with E-state index in [1.165, 1.54) is 36.8 Å². The number of likely N-dealkylation sites (N-methyl/N-ethyl adjacent to an activating group) is 1. The van der Waals surface area contributed by atoms with Crippen LogP contribution in [-0.4, -0.2) is 57.8 Å². The molecule has 1 fully saturated rings. The first-order valence-corrected chi connectivity index (χ1v) is 13.9. The molecule has 2 aromatic rings. The monoisotopic (exact) mass is 527 g/mol. The quantitative estimate of drug-likeness (QED) is 0.460. The normalized spacial score (nSPS) is 22.5. The number of carbonyl (C=O) groups excluding carboxylic acids is 1. The van der Waals surface area contributed by atoms with E-state index in [9.17, 15) is 4.79 Å². The molecule has 37 heavy (non-hydrogen) atoms. The Balaban J connectivity index is 1.48. The van der Waals surface area contributed by atoms with Crippen LogP contribution in [0.25, 0.3) is 0 Å². The number of fused-ring (bicyclic) bond motifs is 3. The minimum Gasteiger partial charge on any atom is -0.493 e. The average Bonchev–Trinajstić information content (AvgIpc) is 3.67. The van der Waals surface area contributed by atoms with Gasteiger partial charge < -0.3 is 28.4 Å². The molecule has 4 aliphatic rings. The fourth-order valence-corrected chi connectivity index (χ4v) is 7.71. The number of hydrogen-bond acceptors (Lipinski definition) is 9. The molecule has 0 unspecified atom stereocenters. The maximum Gasteiger partial charge on any atom is 0.343 e. The number of ether oxygens (including phenoxy) is 6. The lowest BCUT2D eigenvalue weighted by molar-refractivity contribution is 0.00870. The van der Waals surface area contributed by atoms with Gasteiger partial charge in [0.25, 0.3) is 0 Å². The van der Waals surface area contributed by atoms with Crippen molar-refractivity contribution in [1.29, 1.82) is 0 Å². The van der Waals surface area contributed by atoms with Gasteiger partial charge in [-0.3, -0.25) is 4.90 Å². The molecular formula is C28H33NO7S. The van der Waals surface area contributed by atoms with Gasteiger partial charge in [0.2, 0.25) is 12.5 Å². The molecule has 2 atom stereocenters. The fraction of sp³-hybridized carbons (Fsp3) is 0.536. The molecule has 1 aliphatic carbocycles. The molecule has 2 aromatic carbocycles. The lowest BCUT2D eigenvalue weighted by Gasteiger charge is -2.39. The predicted octanol–water partition coefficient (Wildman–Crippen LogP) is 5.06. The lowest BCUT2D eigenvalue weighted by atomic mass is 9.83. The first-order valence-electron chi connectivity index (χ1n) is 12.9. The molecule has 0 N–H and O–H groups in total. The summed E-state index contributed by atoms with van der Waals surface area (Å²) in [4.78, 5) is 15.4. The molecule has 0 aromatic heterocycles. The van der Waals surface area contributed by atoms with Crippen LogP contribution in [0, 0.1) is 0 Å². The second-order valence-electron chi connectivity index (χ2n) is 9.95. The summed E-state index contributed by atoms with van der Waals surface area (Å²) in [7, 11) is 6.83. The van der Waals surface area contributed by atoms with Crippen LogP contribution in [0.5, 0.6) is 28.7 Å². The number of thioether (sulfide) groups is 1. The van der Waals surface area contributed by atoms with Gasteiger partial charge in [0.15, 0.2) is 23.0 Å². The van der Waals surface area contributed by atoms with Crippen LogP contribution in [-0.2, 0) is 16.9 Å². The second kappa shape index (κ2) is 9.83. The molecule has 198 valence electrons. The van der Waals surface area contributed by atoms with E-state index in [1.807, 2.05) is 23.9 Å². The molecule has 3 heterocycles. The predicted molar refractivity (Wildman–Crippen MR) is 139 cm³/mol. The largest absolute Gasteiger partial charge is 0.493 e. The number of esters is 1. The van der Waals surface area contributed by atoms with Gasteiger partial charge in [-0.05, 0) is 37.9 Å². The summed E-state index contributed by atoms with van der Waals surface area (Å²) in [6, 6.07) is 3.48. The van der Waals surface area contributed by atoms with Gasteiger partial charge in [-0.2, -0.15) is 11.8 Å². The zero-order chi connectivity index (χ0) is 25.7.